The summed E-state index contributed by atoms with van der Waals surface area (Å²) in [5.41, 5.74) is 1.11. The summed E-state index contributed by atoms with van der Waals surface area (Å²) in [5.74, 6) is -1.99. The summed E-state index contributed by atoms with van der Waals surface area (Å²) < 4.78 is 0. The molecule has 0 spiro atoms. The van der Waals surface area contributed by atoms with Crippen molar-refractivity contribution in [2.45, 2.75) is 51.0 Å². The number of alkyl halides is 1. The number of amides is 5. The van der Waals surface area contributed by atoms with Crippen molar-refractivity contribution in [3.63, 3.8) is 0 Å². The third-order valence-corrected chi connectivity index (χ3v) is 5.93. The fourth-order valence-electron chi connectivity index (χ4n) is 3.89. The molecule has 2 aliphatic rings. The summed E-state index contributed by atoms with van der Waals surface area (Å²) in [6.07, 6.45) is 4.42. The second kappa shape index (κ2) is 11.2. The first-order valence-corrected chi connectivity index (χ1v) is 12.0. The molecule has 172 valence electrons. The summed E-state index contributed by atoms with van der Waals surface area (Å²) in [6, 6.07) is 4.06. The standard InChI is InChI=1S/C22H27BrN4O5/c23-11-10-17(28)25-13-4-2-1-3-12-24-15-7-5-6-14-19(15)22(32)27(21(14)31)16-8-9-18(29)26-20(16)30/h5-7,16,24H,1-4,8-13H2,(H,25,28)(H,26,29,30). The van der Waals surface area contributed by atoms with Gasteiger partial charge in [-0.15, -0.1) is 0 Å². The lowest BCUT2D eigenvalue weighted by molar-refractivity contribution is -0.136. The van der Waals surface area contributed by atoms with Crippen LogP contribution >= 0.6 is 15.9 Å². The van der Waals surface area contributed by atoms with Crippen molar-refractivity contribution in [2.24, 2.45) is 0 Å². The molecule has 0 saturated carbocycles. The number of imide groups is 2. The van der Waals surface area contributed by atoms with Gasteiger partial charge in [0.25, 0.3) is 11.8 Å². The zero-order valence-corrected chi connectivity index (χ0v) is 19.3. The molecule has 9 nitrogen and oxygen atoms in total. The maximum Gasteiger partial charge on any atom is 0.264 e. The normalized spacial score (nSPS) is 17.9. The van der Waals surface area contributed by atoms with Crippen LogP contribution in [0.5, 0.6) is 0 Å². The first kappa shape index (κ1) is 23.9. The first-order chi connectivity index (χ1) is 15.4. The van der Waals surface area contributed by atoms with Gasteiger partial charge in [0, 0.05) is 36.9 Å². The largest absolute Gasteiger partial charge is 0.384 e. The van der Waals surface area contributed by atoms with Gasteiger partial charge in [-0.05, 0) is 31.4 Å². The Labute approximate surface area is 194 Å². The van der Waals surface area contributed by atoms with E-state index in [1.165, 1.54) is 0 Å². The van der Waals surface area contributed by atoms with E-state index in [4.69, 9.17) is 0 Å². The quantitative estimate of drug-likeness (QED) is 0.239. The minimum absolute atomic E-state index is 0.0482. The monoisotopic (exact) mass is 506 g/mol. The Morgan fingerprint density at radius 1 is 1.06 bits per heavy atom. The second-order valence-electron chi connectivity index (χ2n) is 7.81. The summed E-state index contributed by atoms with van der Waals surface area (Å²) >= 11 is 3.23. The Bertz CT molecular complexity index is 920. The molecule has 1 unspecified atom stereocenters. The Hall–Kier alpha value is -2.75. The minimum Gasteiger partial charge on any atom is -0.384 e. The van der Waals surface area contributed by atoms with Crippen LogP contribution < -0.4 is 16.0 Å². The number of halogens is 1. The zero-order valence-electron chi connectivity index (χ0n) is 17.7. The minimum atomic E-state index is -0.969. The number of piperidine rings is 1. The van der Waals surface area contributed by atoms with E-state index in [0.29, 0.717) is 30.5 Å². The molecule has 10 heteroatoms. The first-order valence-electron chi connectivity index (χ1n) is 10.8. The SMILES string of the molecule is O=C(CCBr)NCCCCCCNc1cccc2c1C(=O)N(C1CCC(=O)NC1=O)C2=O. The third-order valence-electron chi connectivity index (χ3n) is 5.53. The summed E-state index contributed by atoms with van der Waals surface area (Å²) in [7, 11) is 0. The molecule has 2 heterocycles. The number of hydrogen-bond acceptors (Lipinski definition) is 6. The molecular formula is C22H27BrN4O5. The molecule has 32 heavy (non-hydrogen) atoms. The highest BCUT2D eigenvalue weighted by molar-refractivity contribution is 9.09. The molecule has 1 atom stereocenters. The molecule has 0 aromatic heterocycles. The van der Waals surface area contributed by atoms with Gasteiger partial charge in [-0.3, -0.25) is 34.2 Å². The van der Waals surface area contributed by atoms with Gasteiger partial charge >= 0.3 is 0 Å². The van der Waals surface area contributed by atoms with E-state index in [2.05, 4.69) is 31.9 Å². The number of anilines is 1. The van der Waals surface area contributed by atoms with Crippen molar-refractivity contribution in [2.75, 3.05) is 23.7 Å². The Kier molecular flexibility index (Phi) is 8.38. The lowest BCUT2D eigenvalue weighted by Crippen LogP contribution is -2.54. The van der Waals surface area contributed by atoms with Crippen LogP contribution in [0.4, 0.5) is 5.69 Å². The van der Waals surface area contributed by atoms with Crippen molar-refractivity contribution in [1.29, 1.82) is 0 Å². The fourth-order valence-corrected chi connectivity index (χ4v) is 4.25. The van der Waals surface area contributed by atoms with E-state index in [1.807, 2.05) is 0 Å². The van der Waals surface area contributed by atoms with Crippen molar-refractivity contribution in [1.82, 2.24) is 15.5 Å². The molecule has 1 fully saturated rings. The molecule has 0 radical (unpaired) electrons. The van der Waals surface area contributed by atoms with E-state index in [9.17, 15) is 24.0 Å². The smallest absolute Gasteiger partial charge is 0.264 e. The van der Waals surface area contributed by atoms with E-state index in [0.717, 1.165) is 30.6 Å². The van der Waals surface area contributed by atoms with Crippen LogP contribution in [0.15, 0.2) is 18.2 Å². The molecule has 5 amide bonds. The molecule has 0 bridgehead atoms. The molecular weight excluding hydrogens is 480 g/mol. The van der Waals surface area contributed by atoms with E-state index in [-0.39, 0.29) is 29.9 Å². The van der Waals surface area contributed by atoms with Crippen LogP contribution in [-0.4, -0.2) is 58.9 Å². The number of nitrogens with one attached hydrogen (secondary N) is 3. The van der Waals surface area contributed by atoms with Crippen molar-refractivity contribution >= 4 is 51.2 Å². The number of carbonyl (C=O) groups is 5. The van der Waals surface area contributed by atoms with Gasteiger partial charge in [0.1, 0.15) is 6.04 Å². The maximum absolute atomic E-state index is 13.0. The Morgan fingerprint density at radius 2 is 1.81 bits per heavy atom. The number of carbonyl (C=O) groups excluding carboxylic acids is 5. The van der Waals surface area contributed by atoms with Gasteiger partial charge in [0.15, 0.2) is 0 Å². The highest BCUT2D eigenvalue weighted by Gasteiger charge is 2.45. The maximum atomic E-state index is 13.0. The van der Waals surface area contributed by atoms with Crippen molar-refractivity contribution < 1.29 is 24.0 Å². The highest BCUT2D eigenvalue weighted by Crippen LogP contribution is 2.32. The number of fused-ring (bicyclic) bond motifs is 1. The van der Waals surface area contributed by atoms with Crippen LogP contribution in [0.3, 0.4) is 0 Å². The number of nitrogens with zero attached hydrogens (tertiary/aromatic N) is 1. The topological polar surface area (TPSA) is 125 Å². The Balaban J connectivity index is 1.50. The van der Waals surface area contributed by atoms with Gasteiger partial charge in [-0.1, -0.05) is 34.8 Å². The predicted molar refractivity (Wildman–Crippen MR) is 121 cm³/mol. The van der Waals surface area contributed by atoms with E-state index in [1.54, 1.807) is 18.2 Å². The molecule has 3 N–H and O–H groups in total. The molecule has 2 aliphatic heterocycles. The highest BCUT2D eigenvalue weighted by atomic mass is 79.9. The van der Waals surface area contributed by atoms with Gasteiger partial charge in [0.05, 0.1) is 11.1 Å². The molecule has 1 aromatic carbocycles. The molecule has 3 rings (SSSR count). The average Bonchev–Trinajstić information content (AvgIpc) is 3.01. The summed E-state index contributed by atoms with van der Waals surface area (Å²) in [5, 5.41) is 8.96. The summed E-state index contributed by atoms with van der Waals surface area (Å²) in [6.45, 7) is 1.30. The lowest BCUT2D eigenvalue weighted by Gasteiger charge is -2.27. The molecule has 1 aromatic rings. The van der Waals surface area contributed by atoms with Gasteiger partial charge < -0.3 is 10.6 Å². The van der Waals surface area contributed by atoms with Crippen LogP contribution in [0, 0.1) is 0 Å². The number of hydrogen-bond donors (Lipinski definition) is 3. The second-order valence-corrected chi connectivity index (χ2v) is 8.60. The number of unbranched alkanes of at least 4 members (excludes halogenated alkanes) is 3. The zero-order chi connectivity index (χ0) is 23.1. The fraction of sp³-hybridized carbons (Fsp3) is 0.500. The number of rotatable bonds is 11. The number of benzene rings is 1. The van der Waals surface area contributed by atoms with Crippen molar-refractivity contribution in [3.05, 3.63) is 29.3 Å². The van der Waals surface area contributed by atoms with E-state index < -0.39 is 29.7 Å². The third kappa shape index (κ3) is 5.53. The predicted octanol–water partition coefficient (Wildman–Crippen LogP) is 1.96. The van der Waals surface area contributed by atoms with Crippen LogP contribution in [0.25, 0.3) is 0 Å². The average molecular weight is 507 g/mol. The molecule has 1 saturated heterocycles. The van der Waals surface area contributed by atoms with Gasteiger partial charge in [-0.2, -0.15) is 0 Å². The summed E-state index contributed by atoms with van der Waals surface area (Å²) in [4.78, 5) is 61.8. The molecule has 0 aliphatic carbocycles. The Morgan fingerprint density at radius 3 is 2.53 bits per heavy atom. The van der Waals surface area contributed by atoms with E-state index >= 15 is 0 Å². The van der Waals surface area contributed by atoms with Crippen LogP contribution in [-0.2, 0) is 14.4 Å². The van der Waals surface area contributed by atoms with Crippen LogP contribution in [0.1, 0.15) is 65.7 Å². The van der Waals surface area contributed by atoms with Crippen molar-refractivity contribution in [3.8, 4) is 0 Å². The van der Waals surface area contributed by atoms with Gasteiger partial charge in [0.2, 0.25) is 17.7 Å². The van der Waals surface area contributed by atoms with Crippen LogP contribution in [0.2, 0.25) is 0 Å². The lowest BCUT2D eigenvalue weighted by atomic mass is 10.0. The van der Waals surface area contributed by atoms with Gasteiger partial charge in [-0.25, -0.2) is 0 Å².